The van der Waals surface area contributed by atoms with Crippen LogP contribution >= 0.6 is 43.9 Å². The Morgan fingerprint density at radius 1 is 0.607 bits per heavy atom. The Labute approximate surface area is 178 Å². The molecule has 0 saturated heterocycles. The molecule has 3 N–H and O–H groups in total. The Kier molecular flexibility index (Phi) is 13.8. The van der Waals surface area contributed by atoms with Gasteiger partial charge in [0.1, 0.15) is 0 Å². The summed E-state index contributed by atoms with van der Waals surface area (Å²) in [5.74, 6) is -3.53. The van der Waals surface area contributed by atoms with Gasteiger partial charge in [-0.05, 0) is 0 Å². The second kappa shape index (κ2) is 13.9. The maximum Gasteiger partial charge on any atom is 0.537 e. The van der Waals surface area contributed by atoms with Crippen LogP contribution in [0.3, 0.4) is 0 Å². The summed E-state index contributed by atoms with van der Waals surface area (Å²) in [5, 5.41) is 29.0. The highest BCUT2D eigenvalue weighted by Crippen LogP contribution is 2.43. The average Bonchev–Trinajstić information content (AvgIpc) is 2.52. The van der Waals surface area contributed by atoms with Crippen LogP contribution in [-0.4, -0.2) is 65.3 Å². The first-order chi connectivity index (χ1) is 12.8. The van der Waals surface area contributed by atoms with E-state index in [1.165, 1.54) is 0 Å². The quantitative estimate of drug-likeness (QED) is 0.280. The third-order valence-electron chi connectivity index (χ3n) is 2.30. The van der Waals surface area contributed by atoms with Crippen LogP contribution in [0.2, 0.25) is 0 Å². The molecule has 0 saturated carbocycles. The minimum Gasteiger partial charge on any atom is -0.372 e. The lowest BCUT2D eigenvalue weighted by atomic mass is 10.6. The van der Waals surface area contributed by atoms with E-state index >= 15 is 0 Å². The Morgan fingerprint density at radius 2 is 0.821 bits per heavy atom. The van der Waals surface area contributed by atoms with Crippen molar-refractivity contribution in [1.29, 1.82) is 0 Å². The van der Waals surface area contributed by atoms with Crippen molar-refractivity contribution in [3.63, 3.8) is 0 Å². The molecule has 0 aliphatic carbocycles. The molecule has 0 rings (SSSR count). The molecule has 9 nitrogen and oxygen atoms in total. The zero-order chi connectivity index (χ0) is 22.0. The number of thioether (sulfide) groups is 3. The molecule has 0 bridgehead atoms. The van der Waals surface area contributed by atoms with Crippen molar-refractivity contribution in [3.05, 3.63) is 0 Å². The van der Waals surface area contributed by atoms with Gasteiger partial charge in [-0.1, -0.05) is 41.5 Å². The summed E-state index contributed by atoms with van der Waals surface area (Å²) < 4.78 is 14.4. The Balaban J connectivity index is 5.12. The van der Waals surface area contributed by atoms with Crippen molar-refractivity contribution in [2.24, 2.45) is 0 Å². The number of carbonyl (C=O) groups excluding carboxylic acids is 3. The van der Waals surface area contributed by atoms with Crippen molar-refractivity contribution in [3.8, 4) is 0 Å². The molecule has 0 aromatic carbocycles. The van der Waals surface area contributed by atoms with E-state index in [9.17, 15) is 29.7 Å². The number of rotatable bonds is 12. The maximum atomic E-state index is 12.0. The monoisotopic (exact) mass is 478 g/mol. The van der Waals surface area contributed by atoms with E-state index in [1.54, 1.807) is 41.5 Å². The third-order valence-corrected chi connectivity index (χ3v) is 6.27. The third kappa shape index (κ3) is 12.4. The van der Waals surface area contributed by atoms with Gasteiger partial charge in [0.25, 0.3) is 0 Å². The van der Waals surface area contributed by atoms with Crippen LogP contribution in [0.4, 0.5) is 0 Å². The highest BCUT2D eigenvalue weighted by Gasteiger charge is 2.35. The van der Waals surface area contributed by atoms with Gasteiger partial charge < -0.3 is 28.9 Å². The van der Waals surface area contributed by atoms with Crippen LogP contribution in [0, 0.1) is 0 Å². The fourth-order valence-electron chi connectivity index (χ4n) is 1.35. The van der Waals surface area contributed by atoms with Crippen molar-refractivity contribution < 1.29 is 43.3 Å². The summed E-state index contributed by atoms with van der Waals surface area (Å²) in [6.07, 6.45) is 0. The van der Waals surface area contributed by atoms with Crippen molar-refractivity contribution in [2.45, 2.75) is 73.6 Å². The Bertz CT molecular complexity index is 448. The van der Waals surface area contributed by atoms with E-state index in [4.69, 9.17) is 13.6 Å². The van der Waals surface area contributed by atoms with E-state index in [1.807, 2.05) is 0 Å². The van der Waals surface area contributed by atoms with E-state index in [0.717, 1.165) is 35.3 Å². The van der Waals surface area contributed by atoms with Crippen LogP contribution in [0.5, 0.6) is 0 Å². The molecule has 0 heterocycles. The smallest absolute Gasteiger partial charge is 0.372 e. The summed E-state index contributed by atoms with van der Waals surface area (Å²) in [6.45, 7) is 10.4. The van der Waals surface area contributed by atoms with E-state index in [0.29, 0.717) is 0 Å². The van der Waals surface area contributed by atoms with Crippen LogP contribution in [0.25, 0.3) is 0 Å². The number of hydrogen-bond acceptors (Lipinski definition) is 12. The van der Waals surface area contributed by atoms with Gasteiger partial charge in [-0.2, -0.15) is 0 Å². The molecule has 0 spiro atoms. The zero-order valence-corrected chi connectivity index (χ0v) is 19.8. The topological polar surface area (TPSA) is 140 Å². The number of carbonyl (C=O) groups is 3. The molecule has 13 heteroatoms. The van der Waals surface area contributed by atoms with Gasteiger partial charge in [-0.25, -0.2) is 14.4 Å². The van der Waals surface area contributed by atoms with Gasteiger partial charge in [0.15, 0.2) is 16.3 Å². The minimum atomic E-state index is -2.92. The summed E-state index contributed by atoms with van der Waals surface area (Å²) in [7, 11) is -2.92. The van der Waals surface area contributed by atoms with Crippen molar-refractivity contribution >= 4 is 61.8 Å². The van der Waals surface area contributed by atoms with Crippen LogP contribution < -0.4 is 0 Å². The largest absolute Gasteiger partial charge is 0.537 e. The van der Waals surface area contributed by atoms with Crippen LogP contribution in [0.1, 0.15) is 41.5 Å². The summed E-state index contributed by atoms with van der Waals surface area (Å²) in [6, 6.07) is 0. The fourth-order valence-corrected chi connectivity index (χ4v) is 4.44. The van der Waals surface area contributed by atoms with E-state index < -0.39 is 42.8 Å². The Hall–Kier alpha value is -0.230. The number of aliphatic hydroxyl groups is 3. The first-order valence-electron chi connectivity index (χ1n) is 8.29. The molecule has 0 radical (unpaired) electrons. The fraction of sp³-hybridized carbons (Fsp3) is 0.800. The lowest BCUT2D eigenvalue weighted by Crippen LogP contribution is -2.26. The molecular weight excluding hydrogens is 451 g/mol. The molecule has 0 fully saturated rings. The molecule has 3 atom stereocenters. The van der Waals surface area contributed by atoms with E-state index in [-0.39, 0.29) is 15.7 Å². The molecule has 0 aliphatic heterocycles. The number of aliphatic hydroxyl groups excluding tert-OH is 3. The van der Waals surface area contributed by atoms with Crippen LogP contribution in [-0.2, 0) is 28.0 Å². The molecule has 0 aromatic heterocycles. The molecule has 0 amide bonds. The van der Waals surface area contributed by atoms with Gasteiger partial charge >= 0.3 is 26.5 Å². The van der Waals surface area contributed by atoms with Gasteiger partial charge in [0.05, 0.1) is 0 Å². The molecule has 164 valence electrons. The normalized spacial score (nSPS) is 15.9. The molecule has 0 aliphatic rings. The van der Waals surface area contributed by atoms with E-state index in [2.05, 4.69) is 0 Å². The standard InChI is InChI=1S/C15H27O9PS3/c1-7(2)26-13(19)10(16)22-25(23-11(17)14(20)27-8(3)4)24-12(18)15(21)28-9(5)6/h7-9,13-15,19-21H,1-6H3. The summed E-state index contributed by atoms with van der Waals surface area (Å²) in [4.78, 5) is 35.9. The average molecular weight is 479 g/mol. The molecule has 3 unspecified atom stereocenters. The SMILES string of the molecule is CC(C)SC(O)C(=O)OP(OC(=O)C(O)SC(C)C)OC(=O)C(O)SC(C)C. The van der Waals surface area contributed by atoms with Gasteiger partial charge in [-0.15, -0.1) is 35.3 Å². The lowest BCUT2D eigenvalue weighted by Gasteiger charge is -2.20. The number of hydrogen-bond donors (Lipinski definition) is 3. The molecule has 28 heavy (non-hydrogen) atoms. The lowest BCUT2D eigenvalue weighted by molar-refractivity contribution is -0.148. The predicted octanol–water partition coefficient (Wildman–Crippen LogP) is 2.22. The van der Waals surface area contributed by atoms with Gasteiger partial charge in [-0.3, -0.25) is 0 Å². The minimum absolute atomic E-state index is 0.104. The molecule has 0 aromatic rings. The second-order valence-electron chi connectivity index (χ2n) is 6.07. The molecular formula is C15H27O9PS3. The first-order valence-corrected chi connectivity index (χ1v) is 12.2. The zero-order valence-electron chi connectivity index (χ0n) is 16.4. The van der Waals surface area contributed by atoms with Crippen LogP contribution in [0.15, 0.2) is 0 Å². The van der Waals surface area contributed by atoms with Gasteiger partial charge in [0, 0.05) is 15.7 Å². The summed E-state index contributed by atoms with van der Waals surface area (Å²) in [5.41, 5.74) is -4.77. The first kappa shape index (κ1) is 27.8. The highest BCUT2D eigenvalue weighted by atomic mass is 32.2. The van der Waals surface area contributed by atoms with Gasteiger partial charge in [0.2, 0.25) is 0 Å². The second-order valence-corrected chi connectivity index (χ2v) is 12.0. The maximum absolute atomic E-state index is 12.0. The van der Waals surface area contributed by atoms with Crippen molar-refractivity contribution in [2.75, 3.05) is 0 Å². The highest BCUT2D eigenvalue weighted by molar-refractivity contribution is 8.01. The predicted molar refractivity (Wildman–Crippen MR) is 111 cm³/mol. The summed E-state index contributed by atoms with van der Waals surface area (Å²) >= 11 is 2.63. The Morgan fingerprint density at radius 3 is 1.00 bits per heavy atom. The van der Waals surface area contributed by atoms with Crippen molar-refractivity contribution in [1.82, 2.24) is 0 Å².